The number of aliphatic hydroxyl groups is 1. The van der Waals surface area contributed by atoms with Crippen LogP contribution in [-0.4, -0.2) is 48.8 Å². The number of nitrogens with zero attached hydrogens (tertiary/aromatic N) is 2. The van der Waals surface area contributed by atoms with Gasteiger partial charge in [0.1, 0.15) is 17.3 Å². The minimum absolute atomic E-state index is 0.0155. The van der Waals surface area contributed by atoms with Gasteiger partial charge in [-0.25, -0.2) is 4.98 Å². The quantitative estimate of drug-likeness (QED) is 0.803. The number of rotatable bonds is 5. The second-order valence-corrected chi connectivity index (χ2v) is 8.78. The summed E-state index contributed by atoms with van der Waals surface area (Å²) >= 11 is -0.908. The van der Waals surface area contributed by atoms with Crippen LogP contribution in [0, 0.1) is 6.92 Å². The van der Waals surface area contributed by atoms with Crippen molar-refractivity contribution in [2.45, 2.75) is 50.6 Å². The Morgan fingerprint density at radius 3 is 2.76 bits per heavy atom. The molecule has 2 N–H and O–H groups in total. The van der Waals surface area contributed by atoms with E-state index in [-0.39, 0.29) is 11.3 Å². The van der Waals surface area contributed by atoms with Gasteiger partial charge in [0.15, 0.2) is 0 Å². The number of aromatic amines is 1. The molecule has 0 saturated carbocycles. The van der Waals surface area contributed by atoms with Crippen LogP contribution >= 0.6 is 0 Å². The van der Waals surface area contributed by atoms with E-state index in [1.54, 1.807) is 6.26 Å². The maximum absolute atomic E-state index is 11.8. The van der Waals surface area contributed by atoms with E-state index in [0.29, 0.717) is 6.54 Å². The summed E-state index contributed by atoms with van der Waals surface area (Å²) in [5, 5.41) is 10.5. The number of nitrogens with one attached hydrogen (secondary N) is 1. The standard InChI is InChI=1S/C19H27N3O2S/c1-13-7-9-15(10-8-13)16-11-20-19(21-16)17-5-4-6-18(23)22(17)12-14(2)25(3)24/h7-11,14,17-18,23H,4-6,12H2,1-3H3,(H,20,21). The van der Waals surface area contributed by atoms with Crippen LogP contribution < -0.4 is 0 Å². The number of aromatic nitrogens is 2. The normalized spacial score (nSPS) is 24.2. The molecule has 5 nitrogen and oxygen atoms in total. The smallest absolute Gasteiger partial charge is 0.125 e. The molecular formula is C19H27N3O2S. The molecule has 0 radical (unpaired) electrons. The molecule has 0 amide bonds. The molecule has 136 valence electrons. The zero-order chi connectivity index (χ0) is 18.0. The van der Waals surface area contributed by atoms with Crippen molar-refractivity contribution in [1.82, 2.24) is 14.9 Å². The third kappa shape index (κ3) is 4.26. The third-order valence-corrected chi connectivity index (χ3v) is 6.31. The molecule has 4 unspecified atom stereocenters. The molecule has 1 aromatic carbocycles. The summed E-state index contributed by atoms with van der Waals surface area (Å²) in [4.78, 5) is 10.1. The van der Waals surface area contributed by atoms with Crippen LogP contribution in [0.5, 0.6) is 0 Å². The molecular weight excluding hydrogens is 334 g/mol. The summed E-state index contributed by atoms with van der Waals surface area (Å²) in [6.07, 6.45) is 5.75. The molecule has 1 aliphatic heterocycles. The summed E-state index contributed by atoms with van der Waals surface area (Å²) in [6, 6.07) is 8.38. The van der Waals surface area contributed by atoms with E-state index < -0.39 is 17.4 Å². The van der Waals surface area contributed by atoms with Gasteiger partial charge in [-0.2, -0.15) is 0 Å². The van der Waals surface area contributed by atoms with Crippen LogP contribution in [0.3, 0.4) is 0 Å². The summed E-state index contributed by atoms with van der Waals surface area (Å²) in [7, 11) is 0. The average molecular weight is 362 g/mol. The molecule has 25 heavy (non-hydrogen) atoms. The van der Waals surface area contributed by atoms with Crippen LogP contribution in [0.1, 0.15) is 43.6 Å². The van der Waals surface area contributed by atoms with Crippen LogP contribution in [0.2, 0.25) is 0 Å². The number of aryl methyl sites for hydroxylation is 1. The Bertz CT molecular complexity index is 686. The van der Waals surface area contributed by atoms with Crippen molar-refractivity contribution in [3.05, 3.63) is 41.9 Å². The fraction of sp³-hybridized carbons (Fsp3) is 0.526. The monoisotopic (exact) mass is 361 g/mol. The lowest BCUT2D eigenvalue weighted by atomic mass is 10.00. The van der Waals surface area contributed by atoms with Crippen LogP contribution in [0.15, 0.2) is 30.5 Å². The molecule has 0 aliphatic carbocycles. The molecule has 4 atom stereocenters. The lowest BCUT2D eigenvalue weighted by molar-refractivity contribution is -0.0588. The summed E-state index contributed by atoms with van der Waals surface area (Å²) in [5.74, 6) is 0.878. The van der Waals surface area contributed by atoms with E-state index in [1.165, 1.54) is 5.56 Å². The van der Waals surface area contributed by atoms with Crippen molar-refractivity contribution in [3.8, 4) is 11.3 Å². The fourth-order valence-corrected chi connectivity index (χ4v) is 3.75. The Labute approximate surface area is 152 Å². The predicted octanol–water partition coefficient (Wildman–Crippen LogP) is 3.00. The predicted molar refractivity (Wildman–Crippen MR) is 102 cm³/mol. The molecule has 3 rings (SSSR count). The highest BCUT2D eigenvalue weighted by Gasteiger charge is 2.34. The van der Waals surface area contributed by atoms with Gasteiger partial charge in [0, 0.05) is 6.54 Å². The van der Waals surface area contributed by atoms with Gasteiger partial charge < -0.3 is 14.6 Å². The Morgan fingerprint density at radius 1 is 1.36 bits per heavy atom. The van der Waals surface area contributed by atoms with Crippen molar-refractivity contribution in [2.75, 3.05) is 12.8 Å². The van der Waals surface area contributed by atoms with Crippen molar-refractivity contribution in [2.24, 2.45) is 0 Å². The van der Waals surface area contributed by atoms with Crippen LogP contribution in [0.4, 0.5) is 0 Å². The van der Waals surface area contributed by atoms with Crippen molar-refractivity contribution < 1.29 is 9.66 Å². The van der Waals surface area contributed by atoms with E-state index in [9.17, 15) is 9.66 Å². The zero-order valence-electron chi connectivity index (χ0n) is 15.1. The highest BCUT2D eigenvalue weighted by Crippen LogP contribution is 2.33. The van der Waals surface area contributed by atoms with E-state index in [2.05, 4.69) is 41.2 Å². The van der Waals surface area contributed by atoms with Gasteiger partial charge >= 0.3 is 0 Å². The molecule has 0 spiro atoms. The Morgan fingerprint density at radius 2 is 2.08 bits per heavy atom. The number of aliphatic hydroxyl groups excluding tert-OH is 1. The Kier molecular flexibility index (Phi) is 5.84. The van der Waals surface area contributed by atoms with Gasteiger partial charge in [-0.1, -0.05) is 41.0 Å². The first-order chi connectivity index (χ1) is 12.0. The molecule has 2 aromatic rings. The lowest BCUT2D eigenvalue weighted by Gasteiger charge is -2.39. The second kappa shape index (κ2) is 7.91. The number of likely N-dealkylation sites (tertiary alicyclic amines) is 1. The minimum atomic E-state index is -0.908. The largest absolute Gasteiger partial charge is 0.616 e. The number of H-pyrrole nitrogens is 1. The minimum Gasteiger partial charge on any atom is -0.616 e. The molecule has 0 bridgehead atoms. The number of imidazole rings is 1. The summed E-state index contributed by atoms with van der Waals surface area (Å²) < 4.78 is 11.8. The fourth-order valence-electron chi connectivity index (χ4n) is 3.36. The zero-order valence-corrected chi connectivity index (χ0v) is 15.9. The second-order valence-electron chi connectivity index (χ2n) is 6.98. The molecule has 1 aliphatic rings. The maximum Gasteiger partial charge on any atom is 0.125 e. The first-order valence-corrected chi connectivity index (χ1v) is 10.5. The van der Waals surface area contributed by atoms with Gasteiger partial charge in [-0.05, 0) is 38.7 Å². The van der Waals surface area contributed by atoms with Crippen LogP contribution in [-0.2, 0) is 11.2 Å². The molecule has 2 heterocycles. The average Bonchev–Trinajstić information content (AvgIpc) is 3.07. The van der Waals surface area contributed by atoms with Gasteiger partial charge in [-0.3, -0.25) is 4.90 Å². The highest BCUT2D eigenvalue weighted by atomic mass is 32.2. The molecule has 1 aromatic heterocycles. The van der Waals surface area contributed by atoms with Gasteiger partial charge in [0.05, 0.1) is 24.2 Å². The maximum atomic E-state index is 11.8. The Hall–Kier alpha value is -1.34. The van der Waals surface area contributed by atoms with Crippen molar-refractivity contribution in [1.29, 1.82) is 0 Å². The first kappa shape index (κ1) is 18.5. The number of benzene rings is 1. The van der Waals surface area contributed by atoms with E-state index in [0.717, 1.165) is 36.3 Å². The van der Waals surface area contributed by atoms with Crippen LogP contribution in [0.25, 0.3) is 11.3 Å². The van der Waals surface area contributed by atoms with E-state index in [4.69, 9.17) is 0 Å². The molecule has 1 saturated heterocycles. The van der Waals surface area contributed by atoms with Gasteiger partial charge in [-0.15, -0.1) is 0 Å². The van der Waals surface area contributed by atoms with Crippen molar-refractivity contribution in [3.63, 3.8) is 0 Å². The van der Waals surface area contributed by atoms with Gasteiger partial charge in [0.2, 0.25) is 0 Å². The first-order valence-electron chi connectivity index (χ1n) is 8.83. The Balaban J connectivity index is 1.82. The number of hydrogen-bond donors (Lipinski definition) is 2. The number of piperidine rings is 1. The highest BCUT2D eigenvalue weighted by molar-refractivity contribution is 7.91. The third-order valence-electron chi connectivity index (χ3n) is 5.03. The SMILES string of the molecule is Cc1ccc(-c2cnc(C3CCCC(O)N3CC(C)[S+](C)[O-])[nH]2)cc1. The lowest BCUT2D eigenvalue weighted by Crippen LogP contribution is -2.46. The molecule has 1 fully saturated rings. The number of hydrogen-bond acceptors (Lipinski definition) is 4. The topological polar surface area (TPSA) is 75.2 Å². The van der Waals surface area contributed by atoms with E-state index in [1.807, 2.05) is 18.0 Å². The molecule has 6 heteroatoms. The summed E-state index contributed by atoms with van der Waals surface area (Å²) in [6.45, 7) is 4.65. The van der Waals surface area contributed by atoms with E-state index >= 15 is 0 Å². The summed E-state index contributed by atoms with van der Waals surface area (Å²) in [5.41, 5.74) is 3.32. The van der Waals surface area contributed by atoms with Gasteiger partial charge in [0.25, 0.3) is 0 Å². The van der Waals surface area contributed by atoms with Crippen molar-refractivity contribution >= 4 is 11.2 Å².